The Kier molecular flexibility index (Phi) is 3.83. The molecule has 0 saturated heterocycles. The molecule has 0 aliphatic heterocycles. The van der Waals surface area contributed by atoms with Crippen molar-refractivity contribution in [2.75, 3.05) is 0 Å². The number of benzene rings is 1. The second-order valence-corrected chi connectivity index (χ2v) is 6.26. The molecule has 0 fully saturated rings. The molecule has 0 N–H and O–H groups in total. The standard InChI is InChI=1S/C16H16IN3/c1-3-18-15-10(2)19-9-20-16(15)14-6-4-11-8-12(17)5-7-13(11)14/h3,5,7-9,14H,4,6H2,1-2H3/b18-3-. The van der Waals surface area contributed by atoms with Gasteiger partial charge in [-0.25, -0.2) is 9.97 Å². The number of hydrogen-bond acceptors (Lipinski definition) is 3. The first-order valence-electron chi connectivity index (χ1n) is 6.79. The van der Waals surface area contributed by atoms with Gasteiger partial charge in [0, 0.05) is 15.7 Å². The number of aromatic nitrogens is 2. The highest BCUT2D eigenvalue weighted by Gasteiger charge is 2.27. The van der Waals surface area contributed by atoms with E-state index in [-0.39, 0.29) is 0 Å². The summed E-state index contributed by atoms with van der Waals surface area (Å²) in [7, 11) is 0. The Labute approximate surface area is 132 Å². The van der Waals surface area contributed by atoms with E-state index >= 15 is 0 Å². The molecule has 4 heteroatoms. The first-order chi connectivity index (χ1) is 9.70. The van der Waals surface area contributed by atoms with Gasteiger partial charge in [-0.3, -0.25) is 4.99 Å². The Morgan fingerprint density at radius 2 is 2.20 bits per heavy atom. The van der Waals surface area contributed by atoms with Crippen molar-refractivity contribution in [2.24, 2.45) is 4.99 Å². The second-order valence-electron chi connectivity index (χ2n) is 5.01. The predicted octanol–water partition coefficient (Wildman–Crippen LogP) is 4.19. The van der Waals surface area contributed by atoms with Crippen LogP contribution in [-0.4, -0.2) is 16.2 Å². The topological polar surface area (TPSA) is 38.1 Å². The number of aryl methyl sites for hydroxylation is 2. The highest BCUT2D eigenvalue weighted by molar-refractivity contribution is 14.1. The summed E-state index contributed by atoms with van der Waals surface area (Å²) < 4.78 is 1.30. The zero-order valence-electron chi connectivity index (χ0n) is 11.6. The zero-order chi connectivity index (χ0) is 14.1. The first-order valence-corrected chi connectivity index (χ1v) is 7.87. The number of aliphatic imine (C=N–C) groups is 1. The van der Waals surface area contributed by atoms with Gasteiger partial charge in [0.1, 0.15) is 12.0 Å². The molecule has 1 unspecified atom stereocenters. The Morgan fingerprint density at radius 1 is 1.35 bits per heavy atom. The lowest BCUT2D eigenvalue weighted by Crippen LogP contribution is -2.02. The van der Waals surface area contributed by atoms with Crippen molar-refractivity contribution in [1.82, 2.24) is 9.97 Å². The lowest BCUT2D eigenvalue weighted by Gasteiger charge is -2.14. The molecule has 1 atom stereocenters. The van der Waals surface area contributed by atoms with Crippen LogP contribution in [0.4, 0.5) is 5.69 Å². The predicted molar refractivity (Wildman–Crippen MR) is 89.9 cm³/mol. The summed E-state index contributed by atoms with van der Waals surface area (Å²) in [6.45, 7) is 3.93. The highest BCUT2D eigenvalue weighted by atomic mass is 127. The summed E-state index contributed by atoms with van der Waals surface area (Å²) in [6.07, 6.45) is 5.70. The van der Waals surface area contributed by atoms with Crippen LogP contribution in [0.15, 0.2) is 29.5 Å². The number of hydrogen-bond donors (Lipinski definition) is 0. The van der Waals surface area contributed by atoms with Gasteiger partial charge in [-0.2, -0.15) is 0 Å². The third-order valence-electron chi connectivity index (χ3n) is 3.80. The SMILES string of the molecule is C/C=N\c1c(C)ncnc1C1CCc2cc(I)ccc21. The summed E-state index contributed by atoms with van der Waals surface area (Å²) in [5, 5.41) is 0. The maximum atomic E-state index is 4.53. The first kappa shape index (κ1) is 13.7. The van der Waals surface area contributed by atoms with E-state index in [1.807, 2.05) is 20.1 Å². The molecule has 0 amide bonds. The summed E-state index contributed by atoms with van der Waals surface area (Å²) in [4.78, 5) is 13.3. The van der Waals surface area contributed by atoms with Gasteiger partial charge in [-0.15, -0.1) is 0 Å². The Balaban J connectivity index is 2.11. The Morgan fingerprint density at radius 3 is 3.00 bits per heavy atom. The van der Waals surface area contributed by atoms with E-state index in [2.05, 4.69) is 55.8 Å². The van der Waals surface area contributed by atoms with Gasteiger partial charge in [0.2, 0.25) is 0 Å². The molecular formula is C16H16IN3. The van der Waals surface area contributed by atoms with Crippen molar-refractivity contribution < 1.29 is 0 Å². The average molecular weight is 377 g/mol. The van der Waals surface area contributed by atoms with Crippen molar-refractivity contribution in [3.8, 4) is 0 Å². The number of fused-ring (bicyclic) bond motifs is 1. The molecular weight excluding hydrogens is 361 g/mol. The van der Waals surface area contributed by atoms with Crippen LogP contribution in [0.1, 0.15) is 41.8 Å². The molecule has 1 aliphatic rings. The molecule has 1 heterocycles. The van der Waals surface area contributed by atoms with E-state index in [0.29, 0.717) is 5.92 Å². The monoisotopic (exact) mass is 377 g/mol. The minimum atomic E-state index is 0.349. The van der Waals surface area contributed by atoms with Gasteiger partial charge in [0.05, 0.1) is 11.4 Å². The molecule has 102 valence electrons. The fourth-order valence-corrected chi connectivity index (χ4v) is 3.45. The van der Waals surface area contributed by atoms with E-state index in [1.54, 1.807) is 6.33 Å². The number of nitrogens with zero attached hydrogens (tertiary/aromatic N) is 3. The fourth-order valence-electron chi connectivity index (χ4n) is 2.90. The van der Waals surface area contributed by atoms with Crippen LogP contribution in [-0.2, 0) is 6.42 Å². The van der Waals surface area contributed by atoms with Gasteiger partial charge in [-0.1, -0.05) is 6.07 Å². The van der Waals surface area contributed by atoms with Crippen molar-refractivity contribution >= 4 is 34.5 Å². The van der Waals surface area contributed by atoms with Crippen LogP contribution in [0.3, 0.4) is 0 Å². The van der Waals surface area contributed by atoms with Crippen molar-refractivity contribution in [3.05, 3.63) is 50.6 Å². The third kappa shape index (κ3) is 2.37. The second kappa shape index (κ2) is 5.60. The number of halogens is 1. The molecule has 1 aromatic carbocycles. The zero-order valence-corrected chi connectivity index (χ0v) is 13.8. The van der Waals surface area contributed by atoms with Crippen LogP contribution < -0.4 is 0 Å². The van der Waals surface area contributed by atoms with Crippen LogP contribution in [0, 0.1) is 10.5 Å². The third-order valence-corrected chi connectivity index (χ3v) is 4.48. The van der Waals surface area contributed by atoms with E-state index in [0.717, 1.165) is 29.9 Å². The van der Waals surface area contributed by atoms with Crippen LogP contribution in [0.2, 0.25) is 0 Å². The lowest BCUT2D eigenvalue weighted by atomic mass is 9.96. The molecule has 20 heavy (non-hydrogen) atoms. The van der Waals surface area contributed by atoms with Crippen LogP contribution >= 0.6 is 22.6 Å². The van der Waals surface area contributed by atoms with Crippen molar-refractivity contribution in [1.29, 1.82) is 0 Å². The van der Waals surface area contributed by atoms with Gasteiger partial charge in [0.25, 0.3) is 0 Å². The minimum absolute atomic E-state index is 0.349. The van der Waals surface area contributed by atoms with Gasteiger partial charge in [-0.05, 0) is 72.5 Å². The van der Waals surface area contributed by atoms with Gasteiger partial charge < -0.3 is 0 Å². The van der Waals surface area contributed by atoms with E-state index in [4.69, 9.17) is 0 Å². The molecule has 0 spiro atoms. The molecule has 3 rings (SSSR count). The lowest BCUT2D eigenvalue weighted by molar-refractivity contribution is 0.755. The average Bonchev–Trinajstić information content (AvgIpc) is 2.84. The molecule has 0 radical (unpaired) electrons. The van der Waals surface area contributed by atoms with E-state index < -0.39 is 0 Å². The van der Waals surface area contributed by atoms with Crippen molar-refractivity contribution in [3.63, 3.8) is 0 Å². The molecule has 1 aromatic heterocycles. The Hall–Kier alpha value is -1.30. The summed E-state index contributed by atoms with van der Waals surface area (Å²) in [6, 6.07) is 6.70. The molecule has 0 saturated carbocycles. The minimum Gasteiger partial charge on any atom is -0.258 e. The maximum absolute atomic E-state index is 4.53. The molecule has 3 nitrogen and oxygen atoms in total. The molecule has 1 aliphatic carbocycles. The smallest absolute Gasteiger partial charge is 0.116 e. The number of rotatable bonds is 2. The molecule has 0 bridgehead atoms. The van der Waals surface area contributed by atoms with Crippen LogP contribution in [0.5, 0.6) is 0 Å². The fraction of sp³-hybridized carbons (Fsp3) is 0.312. The highest BCUT2D eigenvalue weighted by Crippen LogP contribution is 2.41. The largest absolute Gasteiger partial charge is 0.258 e. The summed E-state index contributed by atoms with van der Waals surface area (Å²) in [5.74, 6) is 0.349. The van der Waals surface area contributed by atoms with Crippen LogP contribution in [0.25, 0.3) is 0 Å². The Bertz CT molecular complexity index is 679. The van der Waals surface area contributed by atoms with Crippen molar-refractivity contribution in [2.45, 2.75) is 32.6 Å². The van der Waals surface area contributed by atoms with Gasteiger partial charge in [0.15, 0.2) is 0 Å². The van der Waals surface area contributed by atoms with E-state index in [9.17, 15) is 0 Å². The normalized spacial score (nSPS) is 17.6. The maximum Gasteiger partial charge on any atom is 0.116 e. The van der Waals surface area contributed by atoms with E-state index in [1.165, 1.54) is 14.7 Å². The van der Waals surface area contributed by atoms with Gasteiger partial charge >= 0.3 is 0 Å². The summed E-state index contributed by atoms with van der Waals surface area (Å²) >= 11 is 2.37. The quantitative estimate of drug-likeness (QED) is 0.582. The summed E-state index contributed by atoms with van der Waals surface area (Å²) in [5.41, 5.74) is 5.80. The molecule has 2 aromatic rings.